The van der Waals surface area contributed by atoms with Gasteiger partial charge in [-0.15, -0.1) is 0 Å². The lowest BCUT2D eigenvalue weighted by Crippen LogP contribution is -2.33. The second kappa shape index (κ2) is 13.0. The average molecular weight is 555 g/mol. The molecule has 0 saturated heterocycles. The number of unbranched alkanes of at least 4 members (excludes halogenated alkanes) is 1. The van der Waals surface area contributed by atoms with Gasteiger partial charge in [0.2, 0.25) is 0 Å². The summed E-state index contributed by atoms with van der Waals surface area (Å²) in [5.74, 6) is 1.03. The molecule has 3 N–H and O–H groups in total. The van der Waals surface area contributed by atoms with Crippen LogP contribution in [0.3, 0.4) is 0 Å². The summed E-state index contributed by atoms with van der Waals surface area (Å²) in [6, 6.07) is 23.5. The number of nitrogens with two attached hydrogens (primary N) is 1. The van der Waals surface area contributed by atoms with Crippen LogP contribution in [-0.2, 0) is 19.6 Å². The Morgan fingerprint density at radius 3 is 2.29 bits per heavy atom. The van der Waals surface area contributed by atoms with Gasteiger partial charge in [-0.05, 0) is 53.8 Å². The molecule has 0 saturated carbocycles. The van der Waals surface area contributed by atoms with E-state index in [4.69, 9.17) is 15.5 Å². The number of hydrogen-bond acceptors (Lipinski definition) is 5. The summed E-state index contributed by atoms with van der Waals surface area (Å²) in [6.45, 7) is 11.8. The summed E-state index contributed by atoms with van der Waals surface area (Å²) in [4.78, 5) is 19.3. The van der Waals surface area contributed by atoms with Crippen LogP contribution in [0.25, 0.3) is 22.6 Å². The number of imidazole rings is 1. The zero-order valence-corrected chi connectivity index (χ0v) is 24.9. The van der Waals surface area contributed by atoms with Gasteiger partial charge in [-0.1, -0.05) is 70.5 Å². The van der Waals surface area contributed by atoms with Crippen LogP contribution in [0, 0.1) is 5.41 Å². The van der Waals surface area contributed by atoms with Crippen LogP contribution in [0.2, 0.25) is 0 Å². The molecule has 0 unspecified atom stereocenters. The zero-order chi connectivity index (χ0) is 29.6. The molecule has 7 nitrogen and oxygen atoms in total. The maximum absolute atomic E-state index is 11.7. The number of nitrogens with zero attached hydrogens (tertiary/aromatic N) is 3. The summed E-state index contributed by atoms with van der Waals surface area (Å²) >= 11 is 0. The molecule has 41 heavy (non-hydrogen) atoms. The number of phenols is 1. The van der Waals surface area contributed by atoms with Gasteiger partial charge in [0, 0.05) is 37.3 Å². The predicted octanol–water partition coefficient (Wildman–Crippen LogP) is 6.88. The molecule has 3 aromatic carbocycles. The van der Waals surface area contributed by atoms with Crippen molar-refractivity contribution >= 4 is 5.91 Å². The minimum absolute atomic E-state index is 0.0199. The van der Waals surface area contributed by atoms with Gasteiger partial charge >= 0.3 is 0 Å². The van der Waals surface area contributed by atoms with Crippen molar-refractivity contribution in [3.05, 3.63) is 89.6 Å². The Labute approximate surface area is 243 Å². The lowest BCUT2D eigenvalue weighted by Gasteiger charge is -2.31. The van der Waals surface area contributed by atoms with Crippen LogP contribution in [-0.4, -0.2) is 39.1 Å². The van der Waals surface area contributed by atoms with E-state index in [1.165, 1.54) is 0 Å². The first-order chi connectivity index (χ1) is 19.6. The number of primary amides is 1. The van der Waals surface area contributed by atoms with Crippen molar-refractivity contribution in [2.45, 2.75) is 60.2 Å². The topological polar surface area (TPSA) is 93.6 Å². The monoisotopic (exact) mass is 554 g/mol. The minimum atomic E-state index is -0.641. The van der Waals surface area contributed by atoms with E-state index in [2.05, 4.69) is 73.6 Å². The van der Waals surface area contributed by atoms with Crippen LogP contribution < -0.4 is 10.5 Å². The standard InChI is InChI=1S/C34H42N4O3/c1-6-7-19-38-29(22-37(23-34(2,3)4)21-24-13-18-28(32(35)40)30(39)20-24)31(25-14-16-27(41-5)17-15-25)36-33(38)26-11-9-8-10-12-26/h8-18,20,39H,6-7,19,21-23H2,1-5H3,(H2,35,40). The number of aromatic hydroxyl groups is 1. The van der Waals surface area contributed by atoms with Gasteiger partial charge in [-0.3, -0.25) is 9.69 Å². The van der Waals surface area contributed by atoms with Gasteiger partial charge in [0.1, 0.15) is 17.3 Å². The minimum Gasteiger partial charge on any atom is -0.507 e. The smallest absolute Gasteiger partial charge is 0.252 e. The van der Waals surface area contributed by atoms with Gasteiger partial charge in [0.05, 0.1) is 24.1 Å². The third-order valence-electron chi connectivity index (χ3n) is 7.01. The molecule has 1 heterocycles. The van der Waals surface area contributed by atoms with Gasteiger partial charge in [0.25, 0.3) is 5.91 Å². The van der Waals surface area contributed by atoms with Crippen LogP contribution in [0.15, 0.2) is 72.8 Å². The van der Waals surface area contributed by atoms with Gasteiger partial charge in [-0.2, -0.15) is 0 Å². The third kappa shape index (κ3) is 7.55. The molecule has 1 amide bonds. The number of methoxy groups -OCH3 is 1. The van der Waals surface area contributed by atoms with Crippen molar-refractivity contribution in [2.24, 2.45) is 11.1 Å². The van der Waals surface area contributed by atoms with E-state index in [1.54, 1.807) is 19.2 Å². The highest BCUT2D eigenvalue weighted by atomic mass is 16.5. The molecular weight excluding hydrogens is 512 g/mol. The SMILES string of the molecule is CCCCn1c(-c2ccccc2)nc(-c2ccc(OC)cc2)c1CN(Cc1ccc(C(N)=O)c(O)c1)CC(C)(C)C. The molecule has 0 spiro atoms. The first kappa shape index (κ1) is 29.9. The molecule has 0 atom stereocenters. The molecule has 0 bridgehead atoms. The van der Waals surface area contributed by atoms with Crippen molar-refractivity contribution in [2.75, 3.05) is 13.7 Å². The summed E-state index contributed by atoms with van der Waals surface area (Å²) < 4.78 is 7.80. The van der Waals surface area contributed by atoms with E-state index in [0.29, 0.717) is 13.1 Å². The number of aromatic nitrogens is 2. The first-order valence-electron chi connectivity index (χ1n) is 14.2. The number of amides is 1. The van der Waals surface area contributed by atoms with Crippen LogP contribution in [0.5, 0.6) is 11.5 Å². The maximum atomic E-state index is 11.7. The molecular formula is C34H42N4O3. The van der Waals surface area contributed by atoms with Crippen molar-refractivity contribution in [1.29, 1.82) is 0 Å². The normalized spacial score (nSPS) is 11.7. The number of carbonyl (C=O) groups excluding carboxylic acids is 1. The fourth-order valence-corrected chi connectivity index (χ4v) is 5.18. The lowest BCUT2D eigenvalue weighted by atomic mass is 9.95. The van der Waals surface area contributed by atoms with E-state index in [0.717, 1.165) is 65.6 Å². The number of rotatable bonds is 12. The largest absolute Gasteiger partial charge is 0.507 e. The van der Waals surface area contributed by atoms with Gasteiger partial charge in [0.15, 0.2) is 0 Å². The summed E-state index contributed by atoms with van der Waals surface area (Å²) in [7, 11) is 1.67. The fourth-order valence-electron chi connectivity index (χ4n) is 5.18. The second-order valence-corrected chi connectivity index (χ2v) is 11.8. The highest BCUT2D eigenvalue weighted by Crippen LogP contribution is 2.33. The Morgan fingerprint density at radius 2 is 1.71 bits per heavy atom. The van der Waals surface area contributed by atoms with Gasteiger partial charge < -0.3 is 20.1 Å². The Kier molecular flexibility index (Phi) is 9.50. The van der Waals surface area contributed by atoms with Crippen LogP contribution in [0.1, 0.15) is 62.2 Å². The van der Waals surface area contributed by atoms with Crippen molar-refractivity contribution in [3.63, 3.8) is 0 Å². The Hall–Kier alpha value is -4.10. The molecule has 0 aliphatic rings. The van der Waals surface area contributed by atoms with E-state index in [1.807, 2.05) is 24.3 Å². The summed E-state index contributed by atoms with van der Waals surface area (Å²) in [6.07, 6.45) is 2.11. The van der Waals surface area contributed by atoms with Crippen molar-refractivity contribution < 1.29 is 14.6 Å². The predicted molar refractivity (Wildman–Crippen MR) is 165 cm³/mol. The average Bonchev–Trinajstić information content (AvgIpc) is 3.29. The number of benzene rings is 3. The maximum Gasteiger partial charge on any atom is 0.252 e. The molecule has 0 aliphatic carbocycles. The Morgan fingerprint density at radius 1 is 1.00 bits per heavy atom. The van der Waals surface area contributed by atoms with E-state index in [9.17, 15) is 9.90 Å². The van der Waals surface area contributed by atoms with E-state index in [-0.39, 0.29) is 16.7 Å². The molecule has 1 aromatic heterocycles. The Balaban J connectivity index is 1.83. The van der Waals surface area contributed by atoms with E-state index < -0.39 is 5.91 Å². The number of hydrogen-bond donors (Lipinski definition) is 2. The quantitative estimate of drug-likeness (QED) is 0.199. The highest BCUT2D eigenvalue weighted by Gasteiger charge is 2.24. The van der Waals surface area contributed by atoms with Crippen molar-refractivity contribution in [1.82, 2.24) is 14.5 Å². The van der Waals surface area contributed by atoms with Crippen LogP contribution >= 0.6 is 0 Å². The molecule has 216 valence electrons. The molecule has 0 aliphatic heterocycles. The molecule has 0 fully saturated rings. The number of ether oxygens (including phenoxy) is 1. The highest BCUT2D eigenvalue weighted by molar-refractivity contribution is 5.95. The molecule has 0 radical (unpaired) electrons. The van der Waals surface area contributed by atoms with Crippen molar-refractivity contribution in [3.8, 4) is 34.1 Å². The van der Waals surface area contributed by atoms with Crippen LogP contribution in [0.4, 0.5) is 0 Å². The molecule has 7 heteroatoms. The van der Waals surface area contributed by atoms with E-state index >= 15 is 0 Å². The molecule has 4 aromatic rings. The summed E-state index contributed by atoms with van der Waals surface area (Å²) in [5, 5.41) is 10.5. The second-order valence-electron chi connectivity index (χ2n) is 11.8. The fraction of sp³-hybridized carbons (Fsp3) is 0.353. The lowest BCUT2D eigenvalue weighted by molar-refractivity contribution is 0.0997. The number of carbonyl (C=O) groups is 1. The molecule has 4 rings (SSSR count). The van der Waals surface area contributed by atoms with Gasteiger partial charge in [-0.25, -0.2) is 4.98 Å². The zero-order valence-electron chi connectivity index (χ0n) is 24.9. The Bertz CT molecular complexity index is 1450. The summed E-state index contributed by atoms with van der Waals surface area (Å²) in [5.41, 5.74) is 10.7. The first-order valence-corrected chi connectivity index (χ1v) is 14.2. The third-order valence-corrected chi connectivity index (χ3v) is 7.01.